The van der Waals surface area contributed by atoms with Crippen LogP contribution in [0.2, 0.25) is 0 Å². The zero-order valence-corrected chi connectivity index (χ0v) is 8.73. The lowest BCUT2D eigenvalue weighted by molar-refractivity contribution is 0.413. The van der Waals surface area contributed by atoms with Gasteiger partial charge in [0, 0.05) is 0 Å². The number of hydrogen-bond donors (Lipinski definition) is 0. The summed E-state index contributed by atoms with van der Waals surface area (Å²) in [6.45, 7) is 0. The largest absolute Gasteiger partial charge is 0.497 e. The van der Waals surface area contributed by atoms with Crippen molar-refractivity contribution in [1.82, 2.24) is 0 Å². The summed E-state index contributed by atoms with van der Waals surface area (Å²) < 4.78 is 5.17. The first-order valence-corrected chi connectivity index (χ1v) is 5.01. The third kappa shape index (κ3) is 1.61. The van der Waals surface area contributed by atoms with Crippen molar-refractivity contribution in [2.75, 3.05) is 7.11 Å². The highest BCUT2D eigenvalue weighted by atomic mass is 16.5. The molecular weight excluding hydrogens is 186 g/mol. The van der Waals surface area contributed by atoms with Crippen LogP contribution in [0.1, 0.15) is 18.4 Å². The summed E-state index contributed by atoms with van der Waals surface area (Å²) in [6, 6.07) is 10.2. The van der Waals surface area contributed by atoms with Gasteiger partial charge in [-0.3, -0.25) is 0 Å². The maximum atomic E-state index is 9.30. The molecule has 2 heteroatoms. The third-order valence-electron chi connectivity index (χ3n) is 2.94. The number of hydrogen-bond acceptors (Lipinski definition) is 2. The maximum absolute atomic E-state index is 9.30. The van der Waals surface area contributed by atoms with Crippen LogP contribution in [-0.4, -0.2) is 7.11 Å². The molecule has 0 fully saturated rings. The lowest BCUT2D eigenvalue weighted by atomic mass is 9.80. The van der Waals surface area contributed by atoms with Crippen molar-refractivity contribution in [2.45, 2.75) is 18.3 Å². The van der Waals surface area contributed by atoms with Crippen LogP contribution in [0, 0.1) is 11.3 Å². The lowest BCUT2D eigenvalue weighted by Crippen LogP contribution is -2.19. The molecule has 76 valence electrons. The fourth-order valence-electron chi connectivity index (χ4n) is 1.96. The van der Waals surface area contributed by atoms with Gasteiger partial charge in [0.25, 0.3) is 0 Å². The molecule has 1 aromatic carbocycles. The van der Waals surface area contributed by atoms with Crippen molar-refractivity contribution >= 4 is 0 Å². The second kappa shape index (κ2) is 3.78. The number of allylic oxidation sites excluding steroid dienone is 2. The average molecular weight is 199 g/mol. The molecule has 0 heterocycles. The van der Waals surface area contributed by atoms with Crippen LogP contribution in [-0.2, 0) is 5.41 Å². The summed E-state index contributed by atoms with van der Waals surface area (Å²) in [5.74, 6) is 0.814. The van der Waals surface area contributed by atoms with E-state index in [0.717, 1.165) is 24.2 Å². The molecule has 0 aromatic heterocycles. The van der Waals surface area contributed by atoms with Crippen LogP contribution >= 0.6 is 0 Å². The Kier molecular flexibility index (Phi) is 2.47. The predicted molar refractivity (Wildman–Crippen MR) is 58.7 cm³/mol. The normalized spacial score (nSPS) is 17.3. The van der Waals surface area contributed by atoms with E-state index in [4.69, 9.17) is 4.74 Å². The van der Waals surface area contributed by atoms with Crippen LogP contribution in [0.25, 0.3) is 0 Å². The Morgan fingerprint density at radius 1 is 1.33 bits per heavy atom. The maximum Gasteiger partial charge on any atom is 0.119 e. The fourth-order valence-corrected chi connectivity index (χ4v) is 1.96. The van der Waals surface area contributed by atoms with Crippen LogP contribution in [0.15, 0.2) is 36.4 Å². The summed E-state index contributed by atoms with van der Waals surface area (Å²) in [6.07, 6.45) is 5.75. The van der Waals surface area contributed by atoms with Gasteiger partial charge in [-0.25, -0.2) is 0 Å². The minimum Gasteiger partial charge on any atom is -0.497 e. The SMILES string of the molecule is COc1cccc(C2(C#N)CC=CC2)c1. The topological polar surface area (TPSA) is 33.0 Å². The molecule has 0 bridgehead atoms. The summed E-state index contributed by atoms with van der Waals surface area (Å²) in [7, 11) is 1.64. The molecule has 2 nitrogen and oxygen atoms in total. The molecular formula is C13H13NO. The highest BCUT2D eigenvalue weighted by Gasteiger charge is 2.33. The Morgan fingerprint density at radius 2 is 2.07 bits per heavy atom. The number of nitrogens with zero attached hydrogens (tertiary/aromatic N) is 1. The Hall–Kier alpha value is -1.75. The second-order valence-electron chi connectivity index (χ2n) is 3.81. The Labute approximate surface area is 89.8 Å². The molecule has 1 aliphatic rings. The summed E-state index contributed by atoms with van der Waals surface area (Å²) in [5.41, 5.74) is 0.684. The smallest absolute Gasteiger partial charge is 0.119 e. The minimum atomic E-state index is -0.367. The molecule has 2 rings (SSSR count). The van der Waals surface area contributed by atoms with Gasteiger partial charge in [0.1, 0.15) is 5.75 Å². The molecule has 0 unspecified atom stereocenters. The quantitative estimate of drug-likeness (QED) is 0.686. The Bertz CT molecular complexity index is 420. The highest BCUT2D eigenvalue weighted by molar-refractivity contribution is 5.41. The highest BCUT2D eigenvalue weighted by Crippen LogP contribution is 2.37. The van der Waals surface area contributed by atoms with Crippen molar-refractivity contribution < 1.29 is 4.74 Å². The first-order valence-electron chi connectivity index (χ1n) is 5.01. The molecule has 0 amide bonds. The van der Waals surface area contributed by atoms with Gasteiger partial charge in [-0.2, -0.15) is 5.26 Å². The van der Waals surface area contributed by atoms with E-state index >= 15 is 0 Å². The average Bonchev–Trinajstić information content (AvgIpc) is 2.79. The van der Waals surface area contributed by atoms with Crippen LogP contribution < -0.4 is 4.74 Å². The van der Waals surface area contributed by atoms with Crippen molar-refractivity contribution in [1.29, 1.82) is 5.26 Å². The van der Waals surface area contributed by atoms with Gasteiger partial charge in [0.15, 0.2) is 0 Å². The number of nitriles is 1. The monoisotopic (exact) mass is 199 g/mol. The summed E-state index contributed by atoms with van der Waals surface area (Å²) >= 11 is 0. The van der Waals surface area contributed by atoms with E-state index in [1.807, 2.05) is 24.3 Å². The first kappa shape index (κ1) is 9.79. The van der Waals surface area contributed by atoms with E-state index < -0.39 is 0 Å². The fraction of sp³-hybridized carbons (Fsp3) is 0.308. The lowest BCUT2D eigenvalue weighted by Gasteiger charge is -2.21. The van der Waals surface area contributed by atoms with Crippen molar-refractivity contribution in [2.24, 2.45) is 0 Å². The molecule has 15 heavy (non-hydrogen) atoms. The van der Waals surface area contributed by atoms with E-state index in [2.05, 4.69) is 18.2 Å². The molecule has 0 spiro atoms. The van der Waals surface area contributed by atoms with Gasteiger partial charge in [-0.05, 0) is 30.5 Å². The summed E-state index contributed by atoms with van der Waals surface area (Å²) in [5, 5.41) is 9.30. The van der Waals surface area contributed by atoms with E-state index in [0.29, 0.717) is 0 Å². The van der Waals surface area contributed by atoms with Gasteiger partial charge in [-0.15, -0.1) is 0 Å². The van der Waals surface area contributed by atoms with Gasteiger partial charge in [0.05, 0.1) is 18.6 Å². The first-order chi connectivity index (χ1) is 7.30. The number of ether oxygens (including phenoxy) is 1. The van der Waals surface area contributed by atoms with Gasteiger partial charge in [0.2, 0.25) is 0 Å². The van der Waals surface area contributed by atoms with E-state index in [-0.39, 0.29) is 5.41 Å². The standard InChI is InChI=1S/C13H13NO/c1-15-12-6-4-5-11(9-12)13(10-14)7-2-3-8-13/h2-6,9H,7-8H2,1H3. The van der Waals surface area contributed by atoms with E-state index in [1.54, 1.807) is 7.11 Å². The van der Waals surface area contributed by atoms with Gasteiger partial charge < -0.3 is 4.74 Å². The van der Waals surface area contributed by atoms with Crippen molar-refractivity contribution in [3.63, 3.8) is 0 Å². The van der Waals surface area contributed by atoms with Crippen molar-refractivity contribution in [3.8, 4) is 11.8 Å². The molecule has 0 radical (unpaired) electrons. The minimum absolute atomic E-state index is 0.367. The predicted octanol–water partition coefficient (Wildman–Crippen LogP) is 2.81. The Balaban J connectivity index is 2.40. The van der Waals surface area contributed by atoms with Crippen molar-refractivity contribution in [3.05, 3.63) is 42.0 Å². The molecule has 0 aliphatic heterocycles. The number of methoxy groups -OCH3 is 1. The molecule has 0 atom stereocenters. The van der Waals surface area contributed by atoms with Gasteiger partial charge >= 0.3 is 0 Å². The summed E-state index contributed by atoms with van der Waals surface area (Å²) in [4.78, 5) is 0. The van der Waals surface area contributed by atoms with Crippen LogP contribution in [0.4, 0.5) is 0 Å². The zero-order valence-electron chi connectivity index (χ0n) is 8.73. The molecule has 0 saturated carbocycles. The molecule has 1 aliphatic carbocycles. The van der Waals surface area contributed by atoms with E-state index in [1.165, 1.54) is 0 Å². The number of rotatable bonds is 2. The zero-order chi connectivity index (χ0) is 10.7. The second-order valence-corrected chi connectivity index (χ2v) is 3.81. The Morgan fingerprint density at radius 3 is 2.67 bits per heavy atom. The molecule has 0 saturated heterocycles. The van der Waals surface area contributed by atoms with Crippen LogP contribution in [0.3, 0.4) is 0 Å². The third-order valence-corrected chi connectivity index (χ3v) is 2.94. The number of benzene rings is 1. The molecule has 1 aromatic rings. The van der Waals surface area contributed by atoms with E-state index in [9.17, 15) is 5.26 Å². The van der Waals surface area contributed by atoms with Crippen LogP contribution in [0.5, 0.6) is 5.75 Å². The molecule has 0 N–H and O–H groups in total. The van der Waals surface area contributed by atoms with Gasteiger partial charge in [-0.1, -0.05) is 24.3 Å².